The molecule has 2 N–H and O–H groups in total. The third kappa shape index (κ3) is 14.9. The SMILES string of the molecule is C[C@@H](C(=O)N[C@H](C(=O)N1CCC[C@H]1c1nc(C(=O)c2cccc(OCCOCCOCCOCCOCC(=O)O)c2)cs1)C1CCCCC1)N(C)C(=O)OC(C)(C)C. The molecule has 0 radical (unpaired) electrons. The third-order valence-corrected chi connectivity index (χ3v) is 10.8. The van der Waals surface area contributed by atoms with Crippen LogP contribution in [-0.4, -0.2) is 140 Å². The van der Waals surface area contributed by atoms with Crippen molar-refractivity contribution in [2.45, 2.75) is 96.4 Å². The number of hydrogen-bond acceptors (Lipinski definition) is 13. The molecule has 2 heterocycles. The van der Waals surface area contributed by atoms with Crippen molar-refractivity contribution >= 4 is 41.0 Å². The van der Waals surface area contributed by atoms with Gasteiger partial charge in [0.2, 0.25) is 17.6 Å². The van der Waals surface area contributed by atoms with E-state index in [9.17, 15) is 24.0 Å². The van der Waals surface area contributed by atoms with Gasteiger partial charge in [0.25, 0.3) is 0 Å². The van der Waals surface area contributed by atoms with Crippen LogP contribution < -0.4 is 10.1 Å². The van der Waals surface area contributed by atoms with Gasteiger partial charge in [-0.3, -0.25) is 19.3 Å². The van der Waals surface area contributed by atoms with Gasteiger partial charge in [0.15, 0.2) is 0 Å². The number of carbonyl (C=O) groups excluding carboxylic acids is 4. The number of carboxylic acid groups (broad SMARTS) is 1. The van der Waals surface area contributed by atoms with Gasteiger partial charge in [-0.2, -0.15) is 0 Å². The minimum Gasteiger partial charge on any atom is -0.491 e. The first kappa shape index (κ1) is 46.5. The molecule has 1 aliphatic heterocycles. The zero-order valence-electron chi connectivity index (χ0n) is 34.4. The highest BCUT2D eigenvalue weighted by Crippen LogP contribution is 2.37. The van der Waals surface area contributed by atoms with Gasteiger partial charge < -0.3 is 43.7 Å². The lowest BCUT2D eigenvalue weighted by Crippen LogP contribution is -2.56. The molecule has 4 rings (SSSR count). The van der Waals surface area contributed by atoms with E-state index in [0.29, 0.717) is 62.3 Å². The van der Waals surface area contributed by atoms with Crippen molar-refractivity contribution in [2.75, 3.05) is 73.1 Å². The van der Waals surface area contributed by atoms with E-state index in [1.807, 2.05) is 0 Å². The molecule has 1 saturated heterocycles. The predicted octanol–water partition coefficient (Wildman–Crippen LogP) is 4.89. The molecule has 1 aromatic heterocycles. The molecule has 16 nitrogen and oxygen atoms in total. The Morgan fingerprint density at radius 1 is 0.914 bits per heavy atom. The highest BCUT2D eigenvalue weighted by molar-refractivity contribution is 7.10. The molecular formula is C41H60N4O12S. The maximum atomic E-state index is 14.4. The number of rotatable bonds is 23. The van der Waals surface area contributed by atoms with Crippen LogP contribution >= 0.6 is 11.3 Å². The van der Waals surface area contributed by atoms with Crippen molar-refractivity contribution in [3.05, 3.63) is 45.9 Å². The summed E-state index contributed by atoms with van der Waals surface area (Å²) < 4.78 is 32.5. The fourth-order valence-electron chi connectivity index (χ4n) is 6.71. The normalized spacial score (nSPS) is 17.1. The zero-order chi connectivity index (χ0) is 42.1. The van der Waals surface area contributed by atoms with Crippen molar-refractivity contribution in [3.63, 3.8) is 0 Å². The summed E-state index contributed by atoms with van der Waals surface area (Å²) in [5.74, 6) is -1.38. The number of carboxylic acids is 1. The number of ketones is 1. The van der Waals surface area contributed by atoms with E-state index in [-0.39, 0.29) is 55.8 Å². The van der Waals surface area contributed by atoms with E-state index >= 15 is 0 Å². The first-order chi connectivity index (χ1) is 27.7. The molecule has 0 unspecified atom stereocenters. The first-order valence-electron chi connectivity index (χ1n) is 20.1. The molecule has 17 heteroatoms. The molecule has 2 fully saturated rings. The predicted molar refractivity (Wildman–Crippen MR) is 214 cm³/mol. The lowest BCUT2D eigenvalue weighted by atomic mass is 9.83. The number of amides is 3. The maximum absolute atomic E-state index is 14.4. The number of hydrogen-bond donors (Lipinski definition) is 2. The Bertz CT molecular complexity index is 1640. The zero-order valence-corrected chi connectivity index (χ0v) is 35.2. The number of nitrogens with zero attached hydrogens (tertiary/aromatic N) is 3. The molecule has 0 spiro atoms. The molecule has 2 aliphatic rings. The highest BCUT2D eigenvalue weighted by Gasteiger charge is 2.41. The number of carbonyl (C=O) groups is 5. The minimum atomic E-state index is -1.02. The molecule has 0 bridgehead atoms. The monoisotopic (exact) mass is 832 g/mol. The van der Waals surface area contributed by atoms with Gasteiger partial charge >= 0.3 is 12.1 Å². The molecular weight excluding hydrogens is 773 g/mol. The first-order valence-corrected chi connectivity index (χ1v) is 21.0. The fraction of sp³-hybridized carbons (Fsp3) is 0.659. The van der Waals surface area contributed by atoms with Crippen LogP contribution in [0.25, 0.3) is 0 Å². The second-order valence-electron chi connectivity index (χ2n) is 15.4. The molecule has 1 aliphatic carbocycles. The van der Waals surface area contributed by atoms with Crippen LogP contribution in [0.4, 0.5) is 4.79 Å². The summed E-state index contributed by atoms with van der Waals surface area (Å²) in [6, 6.07) is 4.95. The second-order valence-corrected chi connectivity index (χ2v) is 16.3. The van der Waals surface area contributed by atoms with E-state index in [2.05, 4.69) is 5.32 Å². The summed E-state index contributed by atoms with van der Waals surface area (Å²) in [4.78, 5) is 72.5. The van der Waals surface area contributed by atoms with Crippen LogP contribution in [0.1, 0.15) is 99.7 Å². The van der Waals surface area contributed by atoms with Crippen LogP contribution in [0.5, 0.6) is 5.75 Å². The molecule has 58 heavy (non-hydrogen) atoms. The largest absolute Gasteiger partial charge is 0.491 e. The summed E-state index contributed by atoms with van der Waals surface area (Å²) in [6.45, 7) is 9.61. The van der Waals surface area contributed by atoms with Gasteiger partial charge in [-0.05, 0) is 71.4 Å². The van der Waals surface area contributed by atoms with Gasteiger partial charge in [-0.15, -0.1) is 11.3 Å². The quantitative estimate of drug-likeness (QED) is 0.114. The summed E-state index contributed by atoms with van der Waals surface area (Å²) in [7, 11) is 1.52. The van der Waals surface area contributed by atoms with Gasteiger partial charge in [-0.25, -0.2) is 14.6 Å². The van der Waals surface area contributed by atoms with Gasteiger partial charge in [0.1, 0.15) is 47.3 Å². The Labute approximate surface area is 344 Å². The molecule has 3 atom stereocenters. The number of thiazole rings is 1. The van der Waals surface area contributed by atoms with Crippen LogP contribution in [0.3, 0.4) is 0 Å². The Kier molecular flexibility index (Phi) is 18.8. The lowest BCUT2D eigenvalue weighted by Gasteiger charge is -2.36. The smallest absolute Gasteiger partial charge is 0.410 e. The summed E-state index contributed by atoms with van der Waals surface area (Å²) >= 11 is 1.35. The number of ether oxygens (including phenoxy) is 6. The van der Waals surface area contributed by atoms with Crippen LogP contribution in [0.2, 0.25) is 0 Å². The summed E-state index contributed by atoms with van der Waals surface area (Å²) in [5.41, 5.74) is -0.0123. The number of aromatic nitrogens is 1. The third-order valence-electron chi connectivity index (χ3n) is 9.84. The standard InChI is InChI=1S/C41H60N4O12S/c1-28(44(5)40(51)57-41(2,3)4)37(49)43-35(29-11-7-6-8-12-29)39(50)45-16-10-15-33(45)38-42-32(27-58-38)36(48)30-13-9-14-31(25-30)56-24-23-54-20-19-52-17-18-53-21-22-55-26-34(46)47/h9,13-14,25,27-29,33,35H,6-8,10-12,15-24,26H2,1-5H3,(H,43,49)(H,46,47)/t28-,33-,35-/m0/s1. The molecule has 3 amide bonds. The number of likely N-dealkylation sites (N-methyl/N-ethyl adjacent to an activating group) is 1. The Morgan fingerprint density at radius 2 is 1.55 bits per heavy atom. The number of nitrogens with one attached hydrogen (secondary N) is 1. The Hall–Kier alpha value is -4.16. The van der Waals surface area contributed by atoms with Crippen molar-refractivity contribution in [3.8, 4) is 5.75 Å². The number of likely N-dealkylation sites (tertiary alicyclic amines) is 1. The molecule has 1 saturated carbocycles. The lowest BCUT2D eigenvalue weighted by molar-refractivity contribution is -0.142. The number of benzene rings is 1. The summed E-state index contributed by atoms with van der Waals surface area (Å²) in [5, 5.41) is 13.9. The van der Waals surface area contributed by atoms with Crippen LogP contribution in [0.15, 0.2) is 29.6 Å². The van der Waals surface area contributed by atoms with Crippen molar-refractivity contribution in [1.29, 1.82) is 0 Å². The van der Waals surface area contributed by atoms with Gasteiger partial charge in [-0.1, -0.05) is 31.4 Å². The van der Waals surface area contributed by atoms with Crippen molar-refractivity contribution in [2.24, 2.45) is 5.92 Å². The summed E-state index contributed by atoms with van der Waals surface area (Å²) in [6.07, 6.45) is 5.52. The molecule has 1 aromatic carbocycles. The maximum Gasteiger partial charge on any atom is 0.410 e. The molecule has 2 aromatic rings. The average molecular weight is 833 g/mol. The fourth-order valence-corrected chi connectivity index (χ4v) is 7.66. The van der Waals surface area contributed by atoms with Crippen LogP contribution in [-0.2, 0) is 38.1 Å². The van der Waals surface area contributed by atoms with E-state index in [1.165, 1.54) is 23.3 Å². The minimum absolute atomic E-state index is 0.0305. The Morgan fingerprint density at radius 3 is 2.19 bits per heavy atom. The van der Waals surface area contributed by atoms with Gasteiger partial charge in [0, 0.05) is 24.5 Å². The van der Waals surface area contributed by atoms with E-state index < -0.39 is 35.7 Å². The highest BCUT2D eigenvalue weighted by atomic mass is 32.1. The van der Waals surface area contributed by atoms with Gasteiger partial charge in [0.05, 0.1) is 52.3 Å². The van der Waals surface area contributed by atoms with Crippen molar-refractivity contribution < 1.29 is 57.5 Å². The van der Waals surface area contributed by atoms with Crippen LogP contribution in [0, 0.1) is 5.92 Å². The number of aliphatic carboxylic acids is 1. The molecule has 322 valence electrons. The topological polar surface area (TPSA) is 192 Å². The van der Waals surface area contributed by atoms with E-state index in [1.54, 1.807) is 62.2 Å². The van der Waals surface area contributed by atoms with Crippen molar-refractivity contribution in [1.82, 2.24) is 20.1 Å². The second kappa shape index (κ2) is 23.4. The van der Waals surface area contributed by atoms with E-state index in [0.717, 1.165) is 38.5 Å². The average Bonchev–Trinajstić information content (AvgIpc) is 3.89. The van der Waals surface area contributed by atoms with E-state index in [4.69, 9.17) is 38.5 Å². The Balaban J connectivity index is 1.27.